The van der Waals surface area contributed by atoms with Gasteiger partial charge in [0, 0.05) is 9.86 Å². The van der Waals surface area contributed by atoms with Crippen molar-refractivity contribution in [2.75, 3.05) is 7.11 Å². The number of carbonyl (C=O) groups excluding carboxylic acids is 1. The number of halogens is 1. The molecule has 0 saturated heterocycles. The van der Waals surface area contributed by atoms with Crippen LogP contribution < -0.4 is 4.74 Å². The molecule has 1 fully saturated rings. The average molecular weight is 322 g/mol. The second-order valence-electron chi connectivity index (χ2n) is 4.77. The summed E-state index contributed by atoms with van der Waals surface area (Å²) in [5.41, 5.74) is 1.23. The first-order valence-corrected chi connectivity index (χ1v) is 6.77. The molecule has 0 N–H and O–H groups in total. The van der Waals surface area contributed by atoms with E-state index in [2.05, 4.69) is 20.9 Å². The standard InChI is InChI=1S/C14H12BrNO3/c1-8-5-9-12(15)10(14(3-4-14)16-7-17)6-11(18-2)13(9)19-8/h5-6H,3-4H2,1-2H3. The first-order valence-electron chi connectivity index (χ1n) is 5.97. The van der Waals surface area contributed by atoms with Gasteiger partial charge in [0.2, 0.25) is 6.08 Å². The molecule has 1 aromatic heterocycles. The molecule has 2 aromatic rings. The van der Waals surface area contributed by atoms with Crippen molar-refractivity contribution in [3.8, 4) is 5.75 Å². The van der Waals surface area contributed by atoms with E-state index in [1.54, 1.807) is 13.2 Å². The number of aliphatic imine (C=N–C) groups is 1. The molecule has 1 aliphatic rings. The van der Waals surface area contributed by atoms with E-state index in [0.29, 0.717) is 11.3 Å². The summed E-state index contributed by atoms with van der Waals surface area (Å²) in [5, 5.41) is 0.944. The maximum Gasteiger partial charge on any atom is 0.235 e. The number of fused-ring (bicyclic) bond motifs is 1. The molecule has 0 bridgehead atoms. The minimum atomic E-state index is -0.437. The Balaban J connectivity index is 2.32. The van der Waals surface area contributed by atoms with Crippen LogP contribution in [0.15, 0.2) is 26.0 Å². The second kappa shape index (κ2) is 4.22. The number of hydrogen-bond donors (Lipinski definition) is 0. The van der Waals surface area contributed by atoms with E-state index < -0.39 is 5.54 Å². The number of rotatable bonds is 3. The van der Waals surface area contributed by atoms with E-state index in [9.17, 15) is 4.79 Å². The minimum absolute atomic E-state index is 0.437. The van der Waals surface area contributed by atoms with Gasteiger partial charge in [0.05, 0.1) is 12.6 Å². The summed E-state index contributed by atoms with van der Waals surface area (Å²) in [6.07, 6.45) is 3.38. The summed E-state index contributed by atoms with van der Waals surface area (Å²) in [6.45, 7) is 1.89. The SMILES string of the molecule is COc1cc(C2(N=C=O)CC2)c(Br)c2cc(C)oc12. The minimum Gasteiger partial charge on any atom is -0.493 e. The van der Waals surface area contributed by atoms with Crippen LogP contribution in [0, 0.1) is 6.92 Å². The van der Waals surface area contributed by atoms with Crippen LogP contribution in [0.25, 0.3) is 11.0 Å². The highest BCUT2D eigenvalue weighted by Crippen LogP contribution is 2.54. The van der Waals surface area contributed by atoms with Crippen LogP contribution in [0.4, 0.5) is 0 Å². The Hall–Kier alpha value is -1.58. The van der Waals surface area contributed by atoms with Crippen LogP contribution in [0.1, 0.15) is 24.2 Å². The van der Waals surface area contributed by atoms with Crippen molar-refractivity contribution in [2.24, 2.45) is 4.99 Å². The molecule has 1 aromatic carbocycles. The molecular weight excluding hydrogens is 310 g/mol. The Labute approximate surface area is 118 Å². The van der Waals surface area contributed by atoms with Crippen LogP contribution in [0.3, 0.4) is 0 Å². The Morgan fingerprint density at radius 3 is 2.79 bits per heavy atom. The summed E-state index contributed by atoms with van der Waals surface area (Å²) in [4.78, 5) is 14.6. The van der Waals surface area contributed by atoms with Gasteiger partial charge in [-0.25, -0.2) is 4.79 Å². The summed E-state index contributed by atoms with van der Waals surface area (Å²) < 4.78 is 12.0. The quantitative estimate of drug-likeness (QED) is 0.637. The zero-order chi connectivity index (χ0) is 13.6. The van der Waals surface area contributed by atoms with Gasteiger partial charge in [0.15, 0.2) is 11.3 Å². The smallest absolute Gasteiger partial charge is 0.235 e. The first kappa shape index (κ1) is 12.5. The maximum atomic E-state index is 10.6. The molecular formula is C14H12BrNO3. The normalized spacial score (nSPS) is 16.2. The molecule has 1 saturated carbocycles. The number of aryl methyl sites for hydroxylation is 1. The Kier molecular flexibility index (Phi) is 2.77. The van der Waals surface area contributed by atoms with Crippen molar-refractivity contribution < 1.29 is 13.9 Å². The topological polar surface area (TPSA) is 51.8 Å². The average Bonchev–Trinajstić information content (AvgIpc) is 3.04. The maximum absolute atomic E-state index is 10.6. The lowest BCUT2D eigenvalue weighted by Gasteiger charge is -2.13. The van der Waals surface area contributed by atoms with Crippen molar-refractivity contribution >= 4 is 33.0 Å². The van der Waals surface area contributed by atoms with Crippen LogP contribution in [-0.2, 0) is 10.3 Å². The molecule has 0 spiro atoms. The van der Waals surface area contributed by atoms with Gasteiger partial charge in [-0.3, -0.25) is 0 Å². The molecule has 1 aliphatic carbocycles. The fourth-order valence-electron chi connectivity index (χ4n) is 2.40. The molecule has 4 nitrogen and oxygen atoms in total. The first-order chi connectivity index (χ1) is 9.11. The van der Waals surface area contributed by atoms with E-state index in [4.69, 9.17) is 9.15 Å². The van der Waals surface area contributed by atoms with Gasteiger partial charge < -0.3 is 9.15 Å². The zero-order valence-corrected chi connectivity index (χ0v) is 12.2. The molecule has 0 radical (unpaired) electrons. The predicted molar refractivity (Wildman–Crippen MR) is 74.2 cm³/mol. The summed E-state index contributed by atoms with van der Waals surface area (Å²) in [5.74, 6) is 1.48. The highest BCUT2D eigenvalue weighted by molar-refractivity contribution is 9.10. The highest BCUT2D eigenvalue weighted by atomic mass is 79.9. The van der Waals surface area contributed by atoms with E-state index in [1.165, 1.54) is 0 Å². The fourth-order valence-corrected chi connectivity index (χ4v) is 3.18. The monoisotopic (exact) mass is 321 g/mol. The molecule has 1 heterocycles. The van der Waals surface area contributed by atoms with Crippen LogP contribution in [0.5, 0.6) is 5.75 Å². The Bertz CT molecular complexity index is 709. The lowest BCUT2D eigenvalue weighted by Crippen LogP contribution is -2.04. The van der Waals surface area contributed by atoms with Crippen LogP contribution >= 0.6 is 15.9 Å². The van der Waals surface area contributed by atoms with E-state index in [0.717, 1.165) is 34.0 Å². The van der Waals surface area contributed by atoms with E-state index in [-0.39, 0.29) is 0 Å². The number of isocyanates is 1. The van der Waals surface area contributed by atoms with Crippen molar-refractivity contribution in [3.05, 3.63) is 27.9 Å². The Morgan fingerprint density at radius 1 is 1.47 bits per heavy atom. The number of benzene rings is 1. The van der Waals surface area contributed by atoms with Crippen molar-refractivity contribution in [1.29, 1.82) is 0 Å². The van der Waals surface area contributed by atoms with Gasteiger partial charge >= 0.3 is 0 Å². The largest absolute Gasteiger partial charge is 0.493 e. The van der Waals surface area contributed by atoms with E-state index >= 15 is 0 Å². The van der Waals surface area contributed by atoms with Crippen molar-refractivity contribution in [3.63, 3.8) is 0 Å². The predicted octanol–water partition coefficient (Wildman–Crippen LogP) is 3.84. The third-order valence-electron chi connectivity index (χ3n) is 3.53. The zero-order valence-electron chi connectivity index (χ0n) is 10.6. The lowest BCUT2D eigenvalue weighted by molar-refractivity contribution is 0.407. The molecule has 5 heteroatoms. The van der Waals surface area contributed by atoms with Crippen molar-refractivity contribution in [2.45, 2.75) is 25.3 Å². The van der Waals surface area contributed by atoms with Crippen molar-refractivity contribution in [1.82, 2.24) is 0 Å². The number of furan rings is 1. The molecule has 0 atom stereocenters. The molecule has 19 heavy (non-hydrogen) atoms. The van der Waals surface area contributed by atoms with Gasteiger partial charge in [0.25, 0.3) is 0 Å². The van der Waals surface area contributed by atoms with Crippen LogP contribution in [-0.4, -0.2) is 13.2 Å². The van der Waals surface area contributed by atoms with Gasteiger partial charge in [-0.1, -0.05) is 0 Å². The van der Waals surface area contributed by atoms with Crippen LogP contribution in [0.2, 0.25) is 0 Å². The summed E-state index contributed by atoms with van der Waals surface area (Å²) in [7, 11) is 1.60. The molecule has 98 valence electrons. The molecule has 0 unspecified atom stereocenters. The lowest BCUT2D eigenvalue weighted by atomic mass is 10.0. The van der Waals surface area contributed by atoms with Gasteiger partial charge in [-0.15, -0.1) is 0 Å². The van der Waals surface area contributed by atoms with Gasteiger partial charge in [0.1, 0.15) is 5.76 Å². The third kappa shape index (κ3) is 1.81. The highest BCUT2D eigenvalue weighted by Gasteiger charge is 2.47. The van der Waals surface area contributed by atoms with Gasteiger partial charge in [-0.2, -0.15) is 4.99 Å². The number of hydrogen-bond acceptors (Lipinski definition) is 4. The molecule has 0 amide bonds. The van der Waals surface area contributed by atoms with Gasteiger partial charge in [-0.05, 0) is 53.4 Å². The molecule has 0 aliphatic heterocycles. The second-order valence-corrected chi connectivity index (χ2v) is 5.57. The van der Waals surface area contributed by atoms with E-state index in [1.807, 2.05) is 19.1 Å². The molecule has 3 rings (SSSR count). The third-order valence-corrected chi connectivity index (χ3v) is 4.39. The fraction of sp³-hybridized carbons (Fsp3) is 0.357. The number of methoxy groups -OCH3 is 1. The number of nitrogens with zero attached hydrogens (tertiary/aromatic N) is 1. The number of ether oxygens (including phenoxy) is 1. The summed E-state index contributed by atoms with van der Waals surface area (Å²) >= 11 is 3.60. The Morgan fingerprint density at radius 2 is 2.21 bits per heavy atom. The summed E-state index contributed by atoms with van der Waals surface area (Å²) in [6, 6.07) is 3.84.